The van der Waals surface area contributed by atoms with Gasteiger partial charge in [-0.05, 0) is 30.7 Å². The fourth-order valence-corrected chi connectivity index (χ4v) is 3.38. The Kier molecular flexibility index (Phi) is 3.93. The zero-order valence-corrected chi connectivity index (χ0v) is 10.5. The minimum atomic E-state index is 0.570. The molecule has 1 fully saturated rings. The van der Waals surface area contributed by atoms with Crippen LogP contribution in [0, 0.1) is 0 Å². The van der Waals surface area contributed by atoms with Crippen LogP contribution < -0.4 is 11.1 Å². The van der Waals surface area contributed by atoms with E-state index in [1.165, 1.54) is 25.0 Å². The number of nitrogens with two attached hydrogens (primary N) is 1. The fourth-order valence-electron chi connectivity index (χ4n) is 2.19. The van der Waals surface area contributed by atoms with Gasteiger partial charge < -0.3 is 11.1 Å². The fraction of sp³-hybridized carbons (Fsp3) is 0.583. The number of pyridine rings is 1. The van der Waals surface area contributed by atoms with Crippen molar-refractivity contribution in [3.05, 3.63) is 18.3 Å². The van der Waals surface area contributed by atoms with E-state index < -0.39 is 0 Å². The van der Waals surface area contributed by atoms with Gasteiger partial charge in [0.15, 0.2) is 0 Å². The largest absolute Gasteiger partial charge is 0.397 e. The summed E-state index contributed by atoms with van der Waals surface area (Å²) in [6, 6.07) is 4.43. The van der Waals surface area contributed by atoms with E-state index >= 15 is 0 Å². The van der Waals surface area contributed by atoms with Crippen LogP contribution in [0.15, 0.2) is 18.3 Å². The third-order valence-electron chi connectivity index (χ3n) is 2.95. The molecule has 0 aromatic carbocycles. The number of hydrogen-bond donors (Lipinski definition) is 2. The summed E-state index contributed by atoms with van der Waals surface area (Å²) in [5.74, 6) is 2.14. The summed E-state index contributed by atoms with van der Waals surface area (Å²) in [7, 11) is 0. The van der Waals surface area contributed by atoms with Crippen LogP contribution in [0.3, 0.4) is 0 Å². The second kappa shape index (κ2) is 5.43. The van der Waals surface area contributed by atoms with E-state index in [0.29, 0.717) is 6.04 Å². The second-order valence-electron chi connectivity index (χ2n) is 4.15. The summed E-state index contributed by atoms with van der Waals surface area (Å²) < 4.78 is 0. The lowest BCUT2D eigenvalue weighted by Crippen LogP contribution is -2.26. The molecule has 2 atom stereocenters. The molecule has 3 nitrogen and oxygen atoms in total. The summed E-state index contributed by atoms with van der Waals surface area (Å²) in [4.78, 5) is 4.29. The van der Waals surface area contributed by atoms with Crippen molar-refractivity contribution in [2.24, 2.45) is 0 Å². The molecular weight excluding hydrogens is 218 g/mol. The van der Waals surface area contributed by atoms with Crippen molar-refractivity contribution < 1.29 is 0 Å². The van der Waals surface area contributed by atoms with E-state index in [4.69, 9.17) is 5.73 Å². The normalized spacial score (nSPS) is 24.6. The predicted octanol–water partition coefficient (Wildman–Crippen LogP) is 2.75. The molecule has 1 aromatic rings. The first-order chi connectivity index (χ1) is 7.79. The van der Waals surface area contributed by atoms with Crippen molar-refractivity contribution >= 4 is 23.3 Å². The van der Waals surface area contributed by atoms with Crippen molar-refractivity contribution in [1.29, 1.82) is 0 Å². The smallest absolute Gasteiger partial charge is 0.126 e. The number of hydrogen-bond acceptors (Lipinski definition) is 4. The maximum absolute atomic E-state index is 5.62. The molecule has 4 heteroatoms. The van der Waals surface area contributed by atoms with Gasteiger partial charge in [0.05, 0.1) is 11.9 Å². The number of thioether (sulfide) groups is 1. The average Bonchev–Trinajstić information content (AvgIpc) is 2.70. The minimum Gasteiger partial charge on any atom is -0.397 e. The first-order valence-corrected chi connectivity index (χ1v) is 6.94. The van der Waals surface area contributed by atoms with E-state index in [9.17, 15) is 0 Å². The van der Waals surface area contributed by atoms with E-state index in [2.05, 4.69) is 29.0 Å². The molecule has 0 amide bonds. The molecule has 1 aromatic heterocycles. The SMILES string of the molecule is CCSC1CCCC1Nc1ccc(N)cn1. The number of nitrogen functional groups attached to an aromatic ring is 1. The maximum Gasteiger partial charge on any atom is 0.126 e. The van der Waals surface area contributed by atoms with Crippen molar-refractivity contribution in [3.63, 3.8) is 0 Å². The topological polar surface area (TPSA) is 50.9 Å². The summed E-state index contributed by atoms with van der Waals surface area (Å²) in [5, 5.41) is 4.26. The number of rotatable bonds is 4. The zero-order valence-electron chi connectivity index (χ0n) is 9.65. The molecular formula is C12H19N3S. The van der Waals surface area contributed by atoms with Gasteiger partial charge in [-0.25, -0.2) is 4.98 Å². The second-order valence-corrected chi connectivity index (χ2v) is 5.67. The van der Waals surface area contributed by atoms with Crippen molar-refractivity contribution in [1.82, 2.24) is 4.98 Å². The van der Waals surface area contributed by atoms with E-state index in [1.807, 2.05) is 12.1 Å². The van der Waals surface area contributed by atoms with Gasteiger partial charge in [0.25, 0.3) is 0 Å². The lowest BCUT2D eigenvalue weighted by Gasteiger charge is -2.20. The van der Waals surface area contributed by atoms with Crippen LogP contribution in [0.2, 0.25) is 0 Å². The Morgan fingerprint density at radius 3 is 3.06 bits per heavy atom. The highest BCUT2D eigenvalue weighted by atomic mass is 32.2. The Labute approximate surface area is 101 Å². The van der Waals surface area contributed by atoms with Crippen LogP contribution in [0.1, 0.15) is 26.2 Å². The van der Waals surface area contributed by atoms with Crippen molar-refractivity contribution in [2.45, 2.75) is 37.5 Å². The summed E-state index contributed by atoms with van der Waals surface area (Å²) in [6.45, 7) is 2.22. The van der Waals surface area contributed by atoms with E-state index in [0.717, 1.165) is 16.8 Å². The highest BCUT2D eigenvalue weighted by Gasteiger charge is 2.27. The monoisotopic (exact) mass is 237 g/mol. The van der Waals surface area contributed by atoms with Gasteiger partial charge in [-0.15, -0.1) is 0 Å². The molecule has 88 valence electrons. The van der Waals surface area contributed by atoms with Gasteiger partial charge in [-0.3, -0.25) is 0 Å². The number of aromatic nitrogens is 1. The molecule has 1 aliphatic rings. The molecule has 3 N–H and O–H groups in total. The van der Waals surface area contributed by atoms with E-state index in [-0.39, 0.29) is 0 Å². The third kappa shape index (κ3) is 2.82. The molecule has 16 heavy (non-hydrogen) atoms. The predicted molar refractivity (Wildman–Crippen MR) is 71.8 cm³/mol. The quantitative estimate of drug-likeness (QED) is 0.845. The number of anilines is 2. The molecule has 0 spiro atoms. The average molecular weight is 237 g/mol. The van der Waals surface area contributed by atoms with Gasteiger partial charge in [-0.1, -0.05) is 13.3 Å². The third-order valence-corrected chi connectivity index (χ3v) is 4.28. The summed E-state index contributed by atoms with van der Waals surface area (Å²) in [5.41, 5.74) is 6.33. The lowest BCUT2D eigenvalue weighted by atomic mass is 10.2. The first kappa shape index (κ1) is 11.6. The number of nitrogens with one attached hydrogen (secondary N) is 1. The van der Waals surface area contributed by atoms with Gasteiger partial charge in [0.1, 0.15) is 5.82 Å². The van der Waals surface area contributed by atoms with Crippen LogP contribution in [-0.4, -0.2) is 22.0 Å². The minimum absolute atomic E-state index is 0.570. The Bertz CT molecular complexity index is 326. The Morgan fingerprint density at radius 1 is 1.50 bits per heavy atom. The molecule has 1 saturated carbocycles. The number of nitrogens with zero attached hydrogens (tertiary/aromatic N) is 1. The summed E-state index contributed by atoms with van der Waals surface area (Å²) in [6.07, 6.45) is 5.61. The van der Waals surface area contributed by atoms with Crippen LogP contribution in [0.4, 0.5) is 11.5 Å². The molecule has 0 saturated heterocycles. The molecule has 0 aliphatic heterocycles. The Balaban J connectivity index is 1.95. The van der Waals surface area contributed by atoms with Crippen LogP contribution in [0.5, 0.6) is 0 Å². The standard InChI is InChI=1S/C12H19N3S/c1-2-16-11-5-3-4-10(11)15-12-7-6-9(13)8-14-12/h6-8,10-11H,2-5,13H2,1H3,(H,14,15). The van der Waals surface area contributed by atoms with Crippen molar-refractivity contribution in [3.8, 4) is 0 Å². The molecule has 1 aliphatic carbocycles. The molecule has 2 rings (SSSR count). The highest BCUT2D eigenvalue weighted by Crippen LogP contribution is 2.31. The Morgan fingerprint density at radius 2 is 2.38 bits per heavy atom. The summed E-state index contributed by atoms with van der Waals surface area (Å²) >= 11 is 2.05. The zero-order chi connectivity index (χ0) is 11.4. The Hall–Kier alpha value is -0.900. The van der Waals surface area contributed by atoms with Crippen LogP contribution in [0.25, 0.3) is 0 Å². The molecule has 0 bridgehead atoms. The first-order valence-electron chi connectivity index (χ1n) is 5.89. The maximum atomic E-state index is 5.62. The molecule has 1 heterocycles. The van der Waals surface area contributed by atoms with Gasteiger partial charge in [0, 0.05) is 11.3 Å². The molecule has 0 radical (unpaired) electrons. The van der Waals surface area contributed by atoms with E-state index in [1.54, 1.807) is 6.20 Å². The van der Waals surface area contributed by atoms with Gasteiger partial charge >= 0.3 is 0 Å². The highest BCUT2D eigenvalue weighted by molar-refractivity contribution is 7.99. The molecule has 2 unspecified atom stereocenters. The van der Waals surface area contributed by atoms with Gasteiger partial charge in [0.2, 0.25) is 0 Å². The van der Waals surface area contributed by atoms with Crippen LogP contribution in [-0.2, 0) is 0 Å². The van der Waals surface area contributed by atoms with Crippen molar-refractivity contribution in [2.75, 3.05) is 16.8 Å². The lowest BCUT2D eigenvalue weighted by molar-refractivity contribution is 0.763. The van der Waals surface area contributed by atoms with Crippen LogP contribution >= 0.6 is 11.8 Å². The van der Waals surface area contributed by atoms with Gasteiger partial charge in [-0.2, -0.15) is 11.8 Å².